The van der Waals surface area contributed by atoms with Crippen LogP contribution in [0.4, 0.5) is 36.0 Å². The van der Waals surface area contributed by atoms with Crippen molar-refractivity contribution in [2.45, 2.75) is 58.3 Å². The summed E-state index contributed by atoms with van der Waals surface area (Å²) in [6.45, 7) is 6.80. The summed E-state index contributed by atoms with van der Waals surface area (Å²) in [6.07, 6.45) is -0.435. The number of halogens is 1. The van der Waals surface area contributed by atoms with E-state index in [9.17, 15) is 24.6 Å². The number of pyridine rings is 2. The van der Waals surface area contributed by atoms with Crippen LogP contribution >= 0.6 is 0 Å². The van der Waals surface area contributed by atoms with Crippen LogP contribution < -0.4 is 20.3 Å². The van der Waals surface area contributed by atoms with Gasteiger partial charge in [0.2, 0.25) is 5.88 Å². The topological polar surface area (TPSA) is 172 Å². The summed E-state index contributed by atoms with van der Waals surface area (Å²) < 4.78 is 32.4. The van der Waals surface area contributed by atoms with E-state index in [-0.39, 0.29) is 52.7 Å². The first-order chi connectivity index (χ1) is 19.8. The van der Waals surface area contributed by atoms with E-state index >= 15 is 4.39 Å². The van der Waals surface area contributed by atoms with Crippen LogP contribution in [0.5, 0.6) is 5.88 Å². The van der Waals surface area contributed by atoms with Gasteiger partial charge in [-0.25, -0.2) is 28.7 Å². The predicted octanol–water partition coefficient (Wildman–Crippen LogP) is 5.04. The second-order valence-corrected chi connectivity index (χ2v) is 11.0. The Hall–Kier alpha value is -4.72. The lowest BCUT2D eigenvalue weighted by molar-refractivity contribution is -0.0308. The van der Waals surface area contributed by atoms with Gasteiger partial charge in [0, 0.05) is 41.7 Å². The van der Waals surface area contributed by atoms with Crippen molar-refractivity contribution in [2.24, 2.45) is 0 Å². The second-order valence-electron chi connectivity index (χ2n) is 11.0. The molecular weight excluding hydrogens is 553 g/mol. The predicted molar refractivity (Wildman–Crippen MR) is 150 cm³/mol. The SMILES string of the molecule is Cc1c(-c2cc3cc(NC(=O)OC4CC(O)C4)ncc3c(NC(=O)OC(C)(C)C)c2F)cnc2c1N(C(=O)O)CCO2. The first-order valence-corrected chi connectivity index (χ1v) is 13.2. The van der Waals surface area contributed by atoms with E-state index in [4.69, 9.17) is 14.2 Å². The van der Waals surface area contributed by atoms with E-state index in [2.05, 4.69) is 20.6 Å². The molecule has 0 atom stereocenters. The number of rotatable bonds is 4. The molecule has 42 heavy (non-hydrogen) atoms. The smallest absolute Gasteiger partial charge is 0.413 e. The molecule has 0 spiro atoms. The van der Waals surface area contributed by atoms with Crippen LogP contribution in [0.15, 0.2) is 24.5 Å². The average molecular weight is 584 g/mol. The Bertz CT molecular complexity index is 1580. The van der Waals surface area contributed by atoms with Crippen LogP contribution in [0.1, 0.15) is 39.2 Å². The zero-order valence-electron chi connectivity index (χ0n) is 23.4. The molecule has 1 saturated carbocycles. The Labute approximate surface area is 239 Å². The highest BCUT2D eigenvalue weighted by Crippen LogP contribution is 2.42. The average Bonchev–Trinajstić information content (AvgIpc) is 2.88. The molecule has 14 heteroatoms. The van der Waals surface area contributed by atoms with E-state index in [1.807, 2.05) is 0 Å². The summed E-state index contributed by atoms with van der Waals surface area (Å²) in [7, 11) is 0. The normalized spacial score (nSPS) is 17.9. The maximum atomic E-state index is 16.3. The number of aliphatic hydroxyl groups is 1. The third kappa shape index (κ3) is 5.84. The Kier molecular flexibility index (Phi) is 7.49. The molecule has 13 nitrogen and oxygen atoms in total. The number of ether oxygens (including phenoxy) is 3. The Morgan fingerprint density at radius 3 is 2.50 bits per heavy atom. The van der Waals surface area contributed by atoms with Gasteiger partial charge in [0.1, 0.15) is 29.8 Å². The number of aromatic nitrogens is 2. The van der Waals surface area contributed by atoms with Gasteiger partial charge in [-0.15, -0.1) is 0 Å². The summed E-state index contributed by atoms with van der Waals surface area (Å²) in [5.41, 5.74) is -0.257. The Balaban J connectivity index is 1.59. The van der Waals surface area contributed by atoms with Gasteiger partial charge in [-0.3, -0.25) is 15.5 Å². The highest BCUT2D eigenvalue weighted by molar-refractivity contribution is 6.04. The number of aliphatic hydroxyl groups excluding tert-OH is 1. The number of amides is 3. The lowest BCUT2D eigenvalue weighted by Crippen LogP contribution is -2.38. The zero-order valence-corrected chi connectivity index (χ0v) is 23.4. The molecular formula is C28H30FN5O8. The molecule has 0 radical (unpaired) electrons. The molecule has 0 unspecified atom stereocenters. The third-order valence-electron chi connectivity index (χ3n) is 6.78. The van der Waals surface area contributed by atoms with Crippen LogP contribution in [0, 0.1) is 12.7 Å². The second kappa shape index (κ2) is 10.9. The first kappa shape index (κ1) is 28.8. The van der Waals surface area contributed by atoms with Crippen molar-refractivity contribution in [3.8, 4) is 17.0 Å². The van der Waals surface area contributed by atoms with Gasteiger partial charge < -0.3 is 24.4 Å². The number of hydrogen-bond acceptors (Lipinski definition) is 9. The molecule has 3 amide bonds. The van der Waals surface area contributed by atoms with Gasteiger partial charge in [-0.05, 0) is 50.8 Å². The van der Waals surface area contributed by atoms with Crippen LogP contribution in [0.3, 0.4) is 0 Å². The molecule has 1 fully saturated rings. The number of anilines is 3. The van der Waals surface area contributed by atoms with E-state index in [1.165, 1.54) is 24.5 Å². The molecule has 1 aliphatic heterocycles. The van der Waals surface area contributed by atoms with E-state index < -0.39 is 41.9 Å². The van der Waals surface area contributed by atoms with E-state index in [0.717, 1.165) is 4.90 Å². The summed E-state index contributed by atoms with van der Waals surface area (Å²) in [5, 5.41) is 24.7. The molecule has 222 valence electrons. The van der Waals surface area contributed by atoms with Crippen LogP contribution in [-0.4, -0.2) is 69.4 Å². The minimum Gasteiger partial charge on any atom is -0.474 e. The van der Waals surface area contributed by atoms with Crippen LogP contribution in [-0.2, 0) is 9.47 Å². The van der Waals surface area contributed by atoms with Crippen LogP contribution in [0.2, 0.25) is 0 Å². The number of fused-ring (bicyclic) bond motifs is 2. The van der Waals surface area contributed by atoms with Crippen molar-refractivity contribution < 1.29 is 43.2 Å². The Morgan fingerprint density at radius 1 is 1.10 bits per heavy atom. The summed E-state index contributed by atoms with van der Waals surface area (Å²) in [4.78, 5) is 46.5. The van der Waals surface area contributed by atoms with Crippen molar-refractivity contribution in [2.75, 3.05) is 28.7 Å². The molecule has 3 heterocycles. The minimum absolute atomic E-state index is 0.000420. The number of benzene rings is 1. The van der Waals surface area contributed by atoms with Crippen molar-refractivity contribution in [3.63, 3.8) is 0 Å². The minimum atomic E-state index is -1.21. The molecule has 5 rings (SSSR count). The molecule has 0 saturated heterocycles. The number of carboxylic acid groups (broad SMARTS) is 1. The molecule has 2 aliphatic rings. The number of nitrogens with one attached hydrogen (secondary N) is 2. The lowest BCUT2D eigenvalue weighted by Gasteiger charge is -2.30. The van der Waals surface area contributed by atoms with Gasteiger partial charge in [0.05, 0.1) is 18.3 Å². The third-order valence-corrected chi connectivity index (χ3v) is 6.78. The quantitative estimate of drug-likeness (QED) is 0.326. The van der Waals surface area contributed by atoms with Gasteiger partial charge in [0.25, 0.3) is 0 Å². The van der Waals surface area contributed by atoms with Crippen molar-refractivity contribution in [3.05, 3.63) is 35.9 Å². The van der Waals surface area contributed by atoms with E-state index in [1.54, 1.807) is 27.7 Å². The Morgan fingerprint density at radius 2 is 1.83 bits per heavy atom. The fourth-order valence-corrected chi connectivity index (χ4v) is 4.78. The standard InChI is InChI=1S/C28H30FN5O8/c1-13-18(11-31-24-23(13)34(27(38)39)5-6-40-24)17-7-14-8-20(32-25(36)41-16-9-15(35)10-16)30-12-19(14)22(21(17)29)33-26(37)42-28(2,3)4/h7-8,11-12,15-16,35H,5-6,9-10H2,1-4H3,(H,33,37)(H,38,39)(H,30,32,36). The van der Waals surface area contributed by atoms with Crippen LogP contribution in [0.25, 0.3) is 21.9 Å². The van der Waals surface area contributed by atoms with Gasteiger partial charge in [-0.1, -0.05) is 0 Å². The summed E-state index contributed by atoms with van der Waals surface area (Å²) in [6, 6.07) is 2.96. The summed E-state index contributed by atoms with van der Waals surface area (Å²) >= 11 is 0. The maximum absolute atomic E-state index is 16.3. The van der Waals surface area contributed by atoms with Crippen molar-refractivity contribution >= 4 is 46.2 Å². The number of carbonyl (C=O) groups excluding carboxylic acids is 2. The fraction of sp³-hybridized carbons (Fsp3) is 0.393. The number of hydrogen-bond donors (Lipinski definition) is 4. The molecule has 1 aliphatic carbocycles. The van der Waals surface area contributed by atoms with Gasteiger partial charge >= 0.3 is 18.3 Å². The fourth-order valence-electron chi connectivity index (χ4n) is 4.78. The first-order valence-electron chi connectivity index (χ1n) is 13.2. The summed E-state index contributed by atoms with van der Waals surface area (Å²) in [5.74, 6) is -0.632. The monoisotopic (exact) mass is 583 g/mol. The van der Waals surface area contributed by atoms with Crippen molar-refractivity contribution in [1.82, 2.24) is 9.97 Å². The van der Waals surface area contributed by atoms with Crippen molar-refractivity contribution in [1.29, 1.82) is 0 Å². The lowest BCUT2D eigenvalue weighted by atomic mass is 9.92. The highest BCUT2D eigenvalue weighted by atomic mass is 19.1. The zero-order chi connectivity index (χ0) is 30.3. The maximum Gasteiger partial charge on any atom is 0.413 e. The molecule has 0 bridgehead atoms. The highest BCUT2D eigenvalue weighted by Gasteiger charge is 2.31. The molecule has 4 N–H and O–H groups in total. The molecule has 2 aromatic heterocycles. The molecule has 3 aromatic rings. The largest absolute Gasteiger partial charge is 0.474 e. The number of carbonyl (C=O) groups is 3. The number of nitrogens with zero attached hydrogens (tertiary/aromatic N) is 3. The van der Waals surface area contributed by atoms with E-state index in [0.29, 0.717) is 23.8 Å². The van der Waals surface area contributed by atoms with Gasteiger partial charge in [-0.2, -0.15) is 0 Å². The van der Waals surface area contributed by atoms with Gasteiger partial charge in [0.15, 0.2) is 5.82 Å². The molecule has 1 aromatic carbocycles.